The number of halogens is 1. The summed E-state index contributed by atoms with van der Waals surface area (Å²) in [5.41, 5.74) is -0.0417. The zero-order valence-corrected chi connectivity index (χ0v) is 14.4. The summed E-state index contributed by atoms with van der Waals surface area (Å²) in [6.07, 6.45) is -1.57. The molecule has 2 aromatic rings. The van der Waals surface area contributed by atoms with Gasteiger partial charge in [-0.2, -0.15) is 0 Å². The van der Waals surface area contributed by atoms with Gasteiger partial charge in [-0.05, 0) is 38.1 Å². The number of rotatable bonds is 8. The van der Waals surface area contributed by atoms with E-state index in [1.54, 1.807) is 0 Å². The second-order valence-electron chi connectivity index (χ2n) is 5.63. The van der Waals surface area contributed by atoms with Crippen LogP contribution in [0.1, 0.15) is 34.6 Å². The van der Waals surface area contributed by atoms with Gasteiger partial charge in [-0.15, -0.1) is 0 Å². The predicted molar refractivity (Wildman–Crippen MR) is 92.1 cm³/mol. The lowest BCUT2D eigenvalue weighted by molar-refractivity contribution is 0.0998. The Bertz CT molecular complexity index is 750. The molecule has 0 heterocycles. The Balaban J connectivity index is 2.00. The third-order valence-corrected chi connectivity index (χ3v) is 3.55. The number of phenolic OH excluding ortho intramolecular Hbond substituents is 2. The van der Waals surface area contributed by atoms with Gasteiger partial charge >= 0.3 is 0 Å². The summed E-state index contributed by atoms with van der Waals surface area (Å²) < 4.78 is 24.7. The summed E-state index contributed by atoms with van der Waals surface area (Å²) >= 11 is 0. The van der Waals surface area contributed by atoms with Gasteiger partial charge in [-0.3, -0.25) is 9.59 Å². The van der Waals surface area contributed by atoms with E-state index in [1.807, 2.05) is 0 Å². The van der Waals surface area contributed by atoms with Crippen molar-refractivity contribution in [3.8, 4) is 23.0 Å². The minimum absolute atomic E-state index is 0.0209. The van der Waals surface area contributed by atoms with E-state index in [0.717, 1.165) is 0 Å². The predicted octanol–water partition coefficient (Wildman–Crippen LogP) is 3.30. The topological polar surface area (TPSA) is 93.1 Å². The van der Waals surface area contributed by atoms with E-state index in [1.165, 1.54) is 50.2 Å². The van der Waals surface area contributed by atoms with E-state index >= 15 is 0 Å². The van der Waals surface area contributed by atoms with Crippen LogP contribution in [-0.4, -0.2) is 41.2 Å². The van der Waals surface area contributed by atoms with E-state index < -0.39 is 31.0 Å². The molecule has 6 nitrogen and oxygen atoms in total. The molecular formula is C19H19FO6. The number of aromatic hydroxyl groups is 2. The molecule has 0 saturated heterocycles. The summed E-state index contributed by atoms with van der Waals surface area (Å²) in [5, 5.41) is 19.4. The fraction of sp³-hybridized carbons (Fsp3) is 0.263. The minimum Gasteiger partial charge on any atom is -0.507 e. The van der Waals surface area contributed by atoms with Crippen LogP contribution >= 0.6 is 0 Å². The molecule has 0 aliphatic rings. The lowest BCUT2D eigenvalue weighted by atomic mass is 10.1. The zero-order chi connectivity index (χ0) is 19.3. The molecule has 0 amide bonds. The van der Waals surface area contributed by atoms with Crippen molar-refractivity contribution in [3.05, 3.63) is 47.5 Å². The summed E-state index contributed by atoms with van der Waals surface area (Å²) in [6, 6.07) is 8.54. The van der Waals surface area contributed by atoms with Crippen LogP contribution in [0.4, 0.5) is 4.39 Å². The third-order valence-electron chi connectivity index (χ3n) is 3.55. The van der Waals surface area contributed by atoms with Gasteiger partial charge in [0.1, 0.15) is 47.3 Å². The monoisotopic (exact) mass is 362 g/mol. The van der Waals surface area contributed by atoms with Crippen LogP contribution < -0.4 is 9.47 Å². The van der Waals surface area contributed by atoms with E-state index in [9.17, 15) is 24.2 Å². The molecule has 0 aliphatic heterocycles. The Morgan fingerprint density at radius 1 is 0.885 bits per heavy atom. The molecule has 2 N–H and O–H groups in total. The Morgan fingerprint density at radius 3 is 1.62 bits per heavy atom. The van der Waals surface area contributed by atoms with Gasteiger partial charge < -0.3 is 19.7 Å². The highest BCUT2D eigenvalue weighted by molar-refractivity contribution is 6.00. The van der Waals surface area contributed by atoms with Crippen molar-refractivity contribution >= 4 is 11.6 Å². The van der Waals surface area contributed by atoms with Gasteiger partial charge in [0, 0.05) is 0 Å². The average Bonchev–Trinajstić information content (AvgIpc) is 2.57. The fourth-order valence-corrected chi connectivity index (χ4v) is 2.40. The number of carbonyl (C=O) groups excluding carboxylic acids is 2. The Hall–Kier alpha value is -3.09. The normalized spacial score (nSPS) is 10.6. The van der Waals surface area contributed by atoms with E-state index in [2.05, 4.69) is 0 Å². The number of hydrogen-bond donors (Lipinski definition) is 2. The van der Waals surface area contributed by atoms with E-state index in [0.29, 0.717) is 0 Å². The summed E-state index contributed by atoms with van der Waals surface area (Å²) in [5.74, 6) is -1.16. The molecule has 0 saturated carbocycles. The van der Waals surface area contributed by atoms with Crippen molar-refractivity contribution in [3.63, 3.8) is 0 Å². The molecule has 0 atom stereocenters. The molecule has 2 rings (SSSR count). The van der Waals surface area contributed by atoms with Crippen molar-refractivity contribution < 1.29 is 33.7 Å². The molecule has 26 heavy (non-hydrogen) atoms. The molecule has 0 spiro atoms. The first-order chi connectivity index (χ1) is 12.3. The molecule has 7 heteroatoms. The lowest BCUT2D eigenvalue weighted by Gasteiger charge is -2.15. The number of benzene rings is 2. The number of Topliss-reactive ketones (excluding diaryl/α,β-unsaturated/α-hetero) is 2. The van der Waals surface area contributed by atoms with Crippen molar-refractivity contribution in [1.29, 1.82) is 0 Å². The van der Waals surface area contributed by atoms with Crippen LogP contribution in [0, 0.1) is 0 Å². The third kappa shape index (κ3) is 4.50. The molecular weight excluding hydrogens is 343 g/mol. The maximum atomic E-state index is 14.1. The highest BCUT2D eigenvalue weighted by atomic mass is 19.1. The SMILES string of the molecule is CC(=O)c1c(O)cccc1OCC(F)COc1cccc(O)c1C(C)=O. The quantitative estimate of drug-likeness (QED) is 0.700. The van der Waals surface area contributed by atoms with Gasteiger partial charge in [-0.25, -0.2) is 4.39 Å². The second-order valence-corrected chi connectivity index (χ2v) is 5.63. The number of hydrogen-bond acceptors (Lipinski definition) is 6. The van der Waals surface area contributed by atoms with Crippen LogP contribution in [0.3, 0.4) is 0 Å². The van der Waals surface area contributed by atoms with Crippen LogP contribution in [0.15, 0.2) is 36.4 Å². The van der Waals surface area contributed by atoms with Gasteiger partial charge in [-0.1, -0.05) is 12.1 Å². The Labute approximate surface area is 149 Å². The number of carbonyl (C=O) groups is 2. The van der Waals surface area contributed by atoms with Crippen molar-refractivity contribution in [2.45, 2.75) is 20.0 Å². The van der Waals surface area contributed by atoms with Crippen molar-refractivity contribution in [2.75, 3.05) is 13.2 Å². The number of alkyl halides is 1. The maximum Gasteiger partial charge on any atom is 0.168 e. The second kappa shape index (κ2) is 8.33. The molecule has 138 valence electrons. The van der Waals surface area contributed by atoms with Gasteiger partial charge in [0.15, 0.2) is 17.7 Å². The number of ketones is 2. The van der Waals surface area contributed by atoms with Crippen LogP contribution in [0.25, 0.3) is 0 Å². The molecule has 0 fully saturated rings. The Kier molecular flexibility index (Phi) is 6.16. The smallest absolute Gasteiger partial charge is 0.168 e. The minimum atomic E-state index is -1.57. The number of ether oxygens (including phenoxy) is 2. The zero-order valence-electron chi connectivity index (χ0n) is 14.4. The molecule has 0 unspecified atom stereocenters. The highest BCUT2D eigenvalue weighted by Crippen LogP contribution is 2.29. The summed E-state index contributed by atoms with van der Waals surface area (Å²) in [7, 11) is 0. The fourth-order valence-electron chi connectivity index (χ4n) is 2.40. The van der Waals surface area contributed by atoms with Crippen LogP contribution in [0.2, 0.25) is 0 Å². The average molecular weight is 362 g/mol. The largest absolute Gasteiger partial charge is 0.507 e. The van der Waals surface area contributed by atoms with E-state index in [4.69, 9.17) is 9.47 Å². The Morgan fingerprint density at radius 2 is 1.27 bits per heavy atom. The molecule has 0 radical (unpaired) electrons. The molecule has 0 bridgehead atoms. The lowest BCUT2D eigenvalue weighted by Crippen LogP contribution is -2.22. The first-order valence-electron chi connectivity index (χ1n) is 7.86. The first kappa shape index (κ1) is 19.2. The molecule has 0 aliphatic carbocycles. The standard InChI is InChI=1S/C19H19FO6/c1-11(21)18-14(23)5-3-7-16(18)25-9-13(20)10-26-17-8-4-6-15(24)19(17)12(2)22/h3-8,13,23-24H,9-10H2,1-2H3. The number of phenols is 2. The van der Waals surface area contributed by atoms with E-state index in [-0.39, 0.29) is 34.1 Å². The van der Waals surface area contributed by atoms with Gasteiger partial charge in [0.2, 0.25) is 0 Å². The summed E-state index contributed by atoms with van der Waals surface area (Å²) in [6.45, 7) is 1.70. The van der Waals surface area contributed by atoms with Gasteiger partial charge in [0.25, 0.3) is 0 Å². The van der Waals surface area contributed by atoms with Crippen LogP contribution in [-0.2, 0) is 0 Å². The van der Waals surface area contributed by atoms with Crippen molar-refractivity contribution in [1.82, 2.24) is 0 Å². The van der Waals surface area contributed by atoms with Gasteiger partial charge in [0.05, 0.1) is 0 Å². The first-order valence-corrected chi connectivity index (χ1v) is 7.86. The summed E-state index contributed by atoms with van der Waals surface area (Å²) in [4.78, 5) is 23.1. The molecule has 0 aromatic heterocycles. The maximum absolute atomic E-state index is 14.1. The molecule has 2 aromatic carbocycles. The highest BCUT2D eigenvalue weighted by Gasteiger charge is 2.18. The van der Waals surface area contributed by atoms with Crippen molar-refractivity contribution in [2.24, 2.45) is 0 Å². The van der Waals surface area contributed by atoms with Crippen LogP contribution in [0.5, 0.6) is 23.0 Å².